The van der Waals surface area contributed by atoms with Crippen LogP contribution in [0.4, 0.5) is 5.69 Å². The first-order valence-corrected chi connectivity index (χ1v) is 16.6. The molecule has 3 nitrogen and oxygen atoms in total. The van der Waals surface area contributed by atoms with Gasteiger partial charge < -0.3 is 10.2 Å². The number of thioether (sulfide) groups is 1. The molecule has 1 heterocycles. The summed E-state index contributed by atoms with van der Waals surface area (Å²) in [5, 5.41) is 5.02. The molecule has 0 radical (unpaired) electrons. The zero-order chi connectivity index (χ0) is 27.2. The summed E-state index contributed by atoms with van der Waals surface area (Å²) in [4.78, 5) is 5.21. The van der Waals surface area contributed by atoms with Crippen molar-refractivity contribution in [2.75, 3.05) is 30.7 Å². The molecule has 2 aromatic rings. The van der Waals surface area contributed by atoms with Gasteiger partial charge in [-0.25, -0.2) is 0 Å². The average Bonchev–Trinajstić information content (AvgIpc) is 2.94. The van der Waals surface area contributed by atoms with Gasteiger partial charge in [0.1, 0.15) is 5.50 Å². The Bertz CT molecular complexity index is 941. The molecule has 0 aliphatic carbocycles. The number of hydrogen-bond acceptors (Lipinski definition) is 3. The van der Waals surface area contributed by atoms with E-state index in [9.17, 15) is 0 Å². The van der Waals surface area contributed by atoms with Crippen LogP contribution < -0.4 is 5.32 Å². The van der Waals surface area contributed by atoms with E-state index >= 15 is 0 Å². The highest BCUT2D eigenvalue weighted by Crippen LogP contribution is 2.33. The maximum absolute atomic E-state index is 6.26. The van der Waals surface area contributed by atoms with E-state index < -0.39 is 0 Å². The van der Waals surface area contributed by atoms with E-state index in [-0.39, 0.29) is 5.50 Å². The lowest BCUT2D eigenvalue weighted by Gasteiger charge is -2.45. The zero-order valence-electron chi connectivity index (χ0n) is 23.7. The Morgan fingerprint density at radius 3 is 2.55 bits per heavy atom. The molecule has 1 fully saturated rings. The summed E-state index contributed by atoms with van der Waals surface area (Å²) in [5.41, 5.74) is 2.66. The molecule has 3 unspecified atom stereocenters. The number of benzene rings is 2. The largest absolute Gasteiger partial charge is 0.332 e. The second-order valence-electron chi connectivity index (χ2n) is 10.7. The Morgan fingerprint density at radius 2 is 1.84 bits per heavy atom. The molecular formula is C32H48ClN3S2. The number of unbranched alkanes of at least 4 members (excludes halogenated alkanes) is 3. The van der Waals surface area contributed by atoms with Crippen molar-refractivity contribution in [3.8, 4) is 0 Å². The van der Waals surface area contributed by atoms with Crippen molar-refractivity contribution in [3.05, 3.63) is 65.2 Å². The maximum atomic E-state index is 6.26. The zero-order valence-corrected chi connectivity index (χ0v) is 26.1. The molecule has 0 saturated carbocycles. The Kier molecular flexibility index (Phi) is 14.3. The molecular weight excluding hydrogens is 526 g/mol. The third kappa shape index (κ3) is 10.0. The van der Waals surface area contributed by atoms with Gasteiger partial charge in [-0.05, 0) is 72.8 Å². The Morgan fingerprint density at radius 1 is 1.03 bits per heavy atom. The van der Waals surface area contributed by atoms with Gasteiger partial charge in [-0.3, -0.25) is 4.90 Å². The third-order valence-corrected chi connectivity index (χ3v) is 9.57. The number of thiocarbonyl (C=S) groups is 1. The summed E-state index contributed by atoms with van der Waals surface area (Å²) in [6, 6.07) is 19.0. The van der Waals surface area contributed by atoms with E-state index in [0.717, 1.165) is 41.9 Å². The molecule has 0 amide bonds. The van der Waals surface area contributed by atoms with Crippen LogP contribution >= 0.6 is 35.6 Å². The lowest BCUT2D eigenvalue weighted by atomic mass is 9.92. The number of hydrogen-bond donors (Lipinski definition) is 1. The molecule has 1 N–H and O–H groups in total. The summed E-state index contributed by atoms with van der Waals surface area (Å²) in [7, 11) is 0. The highest BCUT2D eigenvalue weighted by atomic mass is 35.5. The van der Waals surface area contributed by atoms with Crippen LogP contribution in [0.3, 0.4) is 0 Å². The number of rotatable bonds is 15. The van der Waals surface area contributed by atoms with Crippen molar-refractivity contribution in [3.63, 3.8) is 0 Å². The van der Waals surface area contributed by atoms with Crippen LogP contribution in [0.5, 0.6) is 0 Å². The van der Waals surface area contributed by atoms with E-state index in [1.54, 1.807) is 0 Å². The Hall–Kier alpha value is -1.27. The second kappa shape index (κ2) is 17.4. The van der Waals surface area contributed by atoms with Gasteiger partial charge >= 0.3 is 0 Å². The standard InChI is InChI=1S/C32H48ClN3S2/c1-4-7-8-10-16-26(6-3)24-35(25-28(15-5-2)27-17-11-9-12-18-27)32-36(21-14-22-38-32)31(37)34-30-20-13-19-29(33)23-30/h9,11-13,17-20,23,26,28,32H,4-8,10,14-16,21-22,24-25H2,1-3H3,(H,34,37). The fourth-order valence-electron chi connectivity index (χ4n) is 5.48. The lowest BCUT2D eigenvalue weighted by Crippen LogP contribution is -2.54. The molecule has 6 heteroatoms. The average molecular weight is 574 g/mol. The van der Waals surface area contributed by atoms with E-state index in [0.29, 0.717) is 11.8 Å². The minimum Gasteiger partial charge on any atom is -0.332 e. The molecule has 3 atom stereocenters. The molecule has 2 aromatic carbocycles. The molecule has 0 spiro atoms. The molecule has 3 rings (SSSR count). The Labute approximate surface area is 247 Å². The molecule has 0 bridgehead atoms. The normalized spacial score (nSPS) is 17.4. The quantitative estimate of drug-likeness (QED) is 0.168. The van der Waals surface area contributed by atoms with Gasteiger partial charge in [-0.15, -0.1) is 11.8 Å². The highest BCUT2D eigenvalue weighted by molar-refractivity contribution is 7.99. The van der Waals surface area contributed by atoms with Crippen molar-refractivity contribution >= 4 is 46.4 Å². The van der Waals surface area contributed by atoms with E-state index in [4.69, 9.17) is 23.8 Å². The molecule has 1 saturated heterocycles. The fourth-order valence-corrected chi connectivity index (χ4v) is 7.33. The topological polar surface area (TPSA) is 18.5 Å². The number of anilines is 1. The van der Waals surface area contributed by atoms with Crippen LogP contribution in [0.1, 0.15) is 90.0 Å². The summed E-state index contributed by atoms with van der Waals surface area (Å²) < 4.78 is 0. The van der Waals surface area contributed by atoms with Crippen molar-refractivity contribution in [2.24, 2.45) is 5.92 Å². The van der Waals surface area contributed by atoms with Gasteiger partial charge in [-0.2, -0.15) is 0 Å². The first kappa shape index (κ1) is 31.3. The first-order valence-electron chi connectivity index (χ1n) is 14.8. The predicted molar refractivity (Wildman–Crippen MR) is 173 cm³/mol. The van der Waals surface area contributed by atoms with Crippen LogP contribution in [0.2, 0.25) is 5.02 Å². The number of nitrogens with one attached hydrogen (secondary N) is 1. The van der Waals surface area contributed by atoms with Crippen LogP contribution in [0.15, 0.2) is 54.6 Å². The minimum atomic E-state index is 0.246. The molecule has 1 aliphatic rings. The Balaban J connectivity index is 1.83. The predicted octanol–water partition coefficient (Wildman–Crippen LogP) is 9.64. The third-order valence-electron chi connectivity index (χ3n) is 7.63. The van der Waals surface area contributed by atoms with Crippen molar-refractivity contribution < 1.29 is 0 Å². The first-order chi connectivity index (χ1) is 18.5. The smallest absolute Gasteiger partial charge is 0.175 e. The van der Waals surface area contributed by atoms with E-state index in [1.165, 1.54) is 62.7 Å². The highest BCUT2D eigenvalue weighted by Gasteiger charge is 2.33. The molecule has 0 aromatic heterocycles. The molecule has 210 valence electrons. The van der Waals surface area contributed by atoms with Crippen LogP contribution in [-0.2, 0) is 0 Å². The number of halogens is 1. The SMILES string of the molecule is CCCCCCC(CC)CN(CC(CCC)c1ccccc1)C1SCCCN1C(=S)Nc1cccc(Cl)c1. The van der Waals surface area contributed by atoms with Gasteiger partial charge in [-0.1, -0.05) is 107 Å². The summed E-state index contributed by atoms with van der Waals surface area (Å²) in [5.74, 6) is 2.41. The van der Waals surface area contributed by atoms with Gasteiger partial charge in [0, 0.05) is 30.3 Å². The monoisotopic (exact) mass is 573 g/mol. The molecule has 38 heavy (non-hydrogen) atoms. The maximum Gasteiger partial charge on any atom is 0.175 e. The van der Waals surface area contributed by atoms with Gasteiger partial charge in [0.25, 0.3) is 0 Å². The van der Waals surface area contributed by atoms with Crippen LogP contribution in [0, 0.1) is 5.92 Å². The summed E-state index contributed by atoms with van der Waals surface area (Å²) in [6.45, 7) is 10.2. The molecule has 1 aliphatic heterocycles. The van der Waals surface area contributed by atoms with Crippen molar-refractivity contribution in [1.82, 2.24) is 9.80 Å². The van der Waals surface area contributed by atoms with Crippen molar-refractivity contribution in [1.29, 1.82) is 0 Å². The van der Waals surface area contributed by atoms with E-state index in [1.807, 2.05) is 24.3 Å². The lowest BCUT2D eigenvalue weighted by molar-refractivity contribution is 0.119. The van der Waals surface area contributed by atoms with Crippen LogP contribution in [-0.4, -0.2) is 45.8 Å². The van der Waals surface area contributed by atoms with Crippen molar-refractivity contribution in [2.45, 2.75) is 90.0 Å². The second-order valence-corrected chi connectivity index (χ2v) is 12.6. The summed E-state index contributed by atoms with van der Waals surface area (Å²) in [6.07, 6.45) is 11.4. The van der Waals surface area contributed by atoms with Crippen LogP contribution in [0.25, 0.3) is 0 Å². The summed E-state index contributed by atoms with van der Waals surface area (Å²) >= 11 is 14.3. The van der Waals surface area contributed by atoms with Gasteiger partial charge in [0.05, 0.1) is 0 Å². The minimum absolute atomic E-state index is 0.246. The fraction of sp³-hybridized carbons (Fsp3) is 0.594. The van der Waals surface area contributed by atoms with Gasteiger partial charge in [0.15, 0.2) is 5.11 Å². The number of nitrogens with zero attached hydrogens (tertiary/aromatic N) is 2. The van der Waals surface area contributed by atoms with E-state index in [2.05, 4.69) is 78.0 Å². The van der Waals surface area contributed by atoms with Gasteiger partial charge in [0.2, 0.25) is 0 Å².